The first-order chi connectivity index (χ1) is 10.8. The number of likely N-dealkylation sites (tertiary alicyclic amines) is 1. The molecule has 3 aromatic rings. The van der Waals surface area contributed by atoms with Crippen LogP contribution in [-0.2, 0) is 6.42 Å². The average molecular weight is 296 g/mol. The van der Waals surface area contributed by atoms with E-state index in [9.17, 15) is 0 Å². The molecule has 0 aromatic carbocycles. The van der Waals surface area contributed by atoms with Gasteiger partial charge in [0.15, 0.2) is 5.65 Å². The SMILES string of the molecule is CCN1CCC(Cc2nc3cccnc3n2-c2ccco2)C1. The molecule has 0 spiro atoms. The second-order valence-corrected chi connectivity index (χ2v) is 5.91. The first-order valence-electron chi connectivity index (χ1n) is 7.93. The molecule has 0 bridgehead atoms. The Morgan fingerprint density at radius 3 is 3.05 bits per heavy atom. The first kappa shape index (κ1) is 13.5. The van der Waals surface area contributed by atoms with E-state index in [4.69, 9.17) is 9.40 Å². The average Bonchev–Trinajstić information content (AvgIpc) is 3.25. The number of furan rings is 1. The maximum absolute atomic E-state index is 5.61. The van der Waals surface area contributed by atoms with E-state index in [1.807, 2.05) is 30.5 Å². The summed E-state index contributed by atoms with van der Waals surface area (Å²) in [4.78, 5) is 11.8. The van der Waals surface area contributed by atoms with Crippen molar-refractivity contribution in [1.82, 2.24) is 19.4 Å². The third kappa shape index (κ3) is 2.31. The van der Waals surface area contributed by atoms with E-state index in [0.29, 0.717) is 5.92 Å². The molecule has 3 aromatic heterocycles. The van der Waals surface area contributed by atoms with Gasteiger partial charge in [-0.3, -0.25) is 0 Å². The number of rotatable bonds is 4. The minimum atomic E-state index is 0.658. The Hall–Kier alpha value is -2.14. The van der Waals surface area contributed by atoms with Gasteiger partial charge in [0.05, 0.1) is 6.26 Å². The normalized spacial score (nSPS) is 19.2. The monoisotopic (exact) mass is 296 g/mol. The second-order valence-electron chi connectivity index (χ2n) is 5.91. The van der Waals surface area contributed by atoms with Gasteiger partial charge in [-0.2, -0.15) is 0 Å². The number of pyridine rings is 1. The minimum absolute atomic E-state index is 0.658. The molecule has 0 saturated carbocycles. The molecule has 1 aliphatic heterocycles. The van der Waals surface area contributed by atoms with Crippen molar-refractivity contribution in [3.63, 3.8) is 0 Å². The Bertz CT molecular complexity index is 762. The van der Waals surface area contributed by atoms with Crippen LogP contribution < -0.4 is 0 Å². The van der Waals surface area contributed by atoms with Gasteiger partial charge in [-0.25, -0.2) is 14.5 Å². The number of nitrogens with zero attached hydrogens (tertiary/aromatic N) is 4. The van der Waals surface area contributed by atoms with Gasteiger partial charge in [-0.05, 0) is 43.6 Å². The molecule has 0 aliphatic carbocycles. The molecule has 0 N–H and O–H groups in total. The highest BCUT2D eigenvalue weighted by molar-refractivity contribution is 5.73. The summed E-state index contributed by atoms with van der Waals surface area (Å²) in [5.74, 6) is 2.50. The maximum atomic E-state index is 5.61. The van der Waals surface area contributed by atoms with Crippen molar-refractivity contribution in [2.24, 2.45) is 5.92 Å². The van der Waals surface area contributed by atoms with Gasteiger partial charge in [0.1, 0.15) is 11.3 Å². The Morgan fingerprint density at radius 2 is 2.27 bits per heavy atom. The quantitative estimate of drug-likeness (QED) is 0.742. The maximum Gasteiger partial charge on any atom is 0.206 e. The van der Waals surface area contributed by atoms with Gasteiger partial charge in [-0.15, -0.1) is 0 Å². The van der Waals surface area contributed by atoms with Crippen LogP contribution in [0.4, 0.5) is 0 Å². The zero-order valence-corrected chi connectivity index (χ0v) is 12.8. The van der Waals surface area contributed by atoms with E-state index in [2.05, 4.69) is 21.4 Å². The lowest BCUT2D eigenvalue weighted by Crippen LogP contribution is -2.20. The highest BCUT2D eigenvalue weighted by Crippen LogP contribution is 2.25. The van der Waals surface area contributed by atoms with Crippen LogP contribution in [0.5, 0.6) is 0 Å². The van der Waals surface area contributed by atoms with E-state index in [1.165, 1.54) is 13.0 Å². The highest BCUT2D eigenvalue weighted by atomic mass is 16.3. The van der Waals surface area contributed by atoms with Crippen LogP contribution in [0, 0.1) is 5.92 Å². The topological polar surface area (TPSA) is 47.1 Å². The number of fused-ring (bicyclic) bond motifs is 1. The Kier molecular flexibility index (Phi) is 3.42. The molecule has 5 heteroatoms. The van der Waals surface area contributed by atoms with Crippen molar-refractivity contribution >= 4 is 11.2 Å². The molecule has 5 nitrogen and oxygen atoms in total. The van der Waals surface area contributed by atoms with Crippen LogP contribution in [0.15, 0.2) is 41.1 Å². The molecule has 0 amide bonds. The third-order valence-corrected chi connectivity index (χ3v) is 4.50. The van der Waals surface area contributed by atoms with Gasteiger partial charge >= 0.3 is 0 Å². The summed E-state index contributed by atoms with van der Waals surface area (Å²) in [6, 6.07) is 7.81. The molecule has 0 radical (unpaired) electrons. The van der Waals surface area contributed by atoms with Crippen molar-refractivity contribution in [3.05, 3.63) is 42.5 Å². The Morgan fingerprint density at radius 1 is 1.32 bits per heavy atom. The fraction of sp³-hybridized carbons (Fsp3) is 0.412. The summed E-state index contributed by atoms with van der Waals surface area (Å²) in [6.07, 6.45) is 5.71. The third-order valence-electron chi connectivity index (χ3n) is 4.50. The summed E-state index contributed by atoms with van der Waals surface area (Å²) in [7, 11) is 0. The van der Waals surface area contributed by atoms with Crippen LogP contribution in [0.3, 0.4) is 0 Å². The number of hydrogen-bond donors (Lipinski definition) is 0. The molecular formula is C17H20N4O. The van der Waals surface area contributed by atoms with Gasteiger partial charge < -0.3 is 9.32 Å². The second kappa shape index (κ2) is 5.57. The van der Waals surface area contributed by atoms with Crippen molar-refractivity contribution in [2.45, 2.75) is 19.8 Å². The molecule has 1 aliphatic rings. The molecule has 4 rings (SSSR count). The smallest absolute Gasteiger partial charge is 0.206 e. The predicted molar refractivity (Wildman–Crippen MR) is 85.1 cm³/mol. The van der Waals surface area contributed by atoms with Gasteiger partial charge in [0.2, 0.25) is 5.88 Å². The largest absolute Gasteiger partial charge is 0.448 e. The molecule has 1 unspecified atom stereocenters. The van der Waals surface area contributed by atoms with E-state index in [-0.39, 0.29) is 0 Å². The van der Waals surface area contributed by atoms with Crippen LogP contribution >= 0.6 is 0 Å². The number of aromatic nitrogens is 3. The number of imidazole rings is 1. The van der Waals surface area contributed by atoms with Crippen LogP contribution in [-0.4, -0.2) is 39.1 Å². The molecule has 4 heterocycles. The van der Waals surface area contributed by atoms with Crippen molar-refractivity contribution < 1.29 is 4.42 Å². The summed E-state index contributed by atoms with van der Waals surface area (Å²) in [6.45, 7) is 5.71. The van der Waals surface area contributed by atoms with E-state index < -0.39 is 0 Å². The summed E-state index contributed by atoms with van der Waals surface area (Å²) < 4.78 is 7.67. The van der Waals surface area contributed by atoms with E-state index in [1.54, 1.807) is 6.26 Å². The summed E-state index contributed by atoms with van der Waals surface area (Å²) in [5.41, 5.74) is 1.80. The lowest BCUT2D eigenvalue weighted by molar-refractivity contribution is 0.340. The zero-order chi connectivity index (χ0) is 14.9. The number of hydrogen-bond acceptors (Lipinski definition) is 4. The van der Waals surface area contributed by atoms with Gasteiger partial charge in [0.25, 0.3) is 0 Å². The van der Waals surface area contributed by atoms with Gasteiger partial charge in [-0.1, -0.05) is 6.92 Å². The molecular weight excluding hydrogens is 276 g/mol. The fourth-order valence-corrected chi connectivity index (χ4v) is 3.35. The Balaban J connectivity index is 1.72. The van der Waals surface area contributed by atoms with E-state index >= 15 is 0 Å². The minimum Gasteiger partial charge on any atom is -0.448 e. The standard InChI is InChI=1S/C17H20N4O/c1-2-20-9-7-13(12-20)11-15-19-14-5-3-8-18-17(14)21(15)16-6-4-10-22-16/h3-6,8,10,13H,2,7,9,11-12H2,1H3. The summed E-state index contributed by atoms with van der Waals surface area (Å²) in [5, 5.41) is 0. The van der Waals surface area contributed by atoms with Crippen molar-refractivity contribution in [3.8, 4) is 5.88 Å². The summed E-state index contributed by atoms with van der Waals surface area (Å²) >= 11 is 0. The molecule has 22 heavy (non-hydrogen) atoms. The fourth-order valence-electron chi connectivity index (χ4n) is 3.35. The van der Waals surface area contributed by atoms with Crippen molar-refractivity contribution in [1.29, 1.82) is 0 Å². The lowest BCUT2D eigenvalue weighted by Gasteiger charge is -2.13. The first-order valence-corrected chi connectivity index (χ1v) is 7.93. The molecule has 114 valence electrons. The van der Waals surface area contributed by atoms with E-state index in [0.717, 1.165) is 42.4 Å². The van der Waals surface area contributed by atoms with Crippen LogP contribution in [0.2, 0.25) is 0 Å². The lowest BCUT2D eigenvalue weighted by atomic mass is 10.0. The van der Waals surface area contributed by atoms with Crippen molar-refractivity contribution in [2.75, 3.05) is 19.6 Å². The molecule has 1 atom stereocenters. The predicted octanol–water partition coefficient (Wildman–Crippen LogP) is 2.90. The zero-order valence-electron chi connectivity index (χ0n) is 12.8. The Labute approximate surface area is 129 Å². The van der Waals surface area contributed by atoms with Crippen LogP contribution in [0.1, 0.15) is 19.2 Å². The highest BCUT2D eigenvalue weighted by Gasteiger charge is 2.25. The van der Waals surface area contributed by atoms with Gasteiger partial charge in [0, 0.05) is 25.2 Å². The molecule has 1 saturated heterocycles. The molecule has 1 fully saturated rings. The van der Waals surface area contributed by atoms with Crippen LogP contribution in [0.25, 0.3) is 17.0 Å².